The highest BCUT2D eigenvalue weighted by atomic mass is 32.2. The Bertz CT molecular complexity index is 1610. The zero-order valence-electron chi connectivity index (χ0n) is 21.4. The average Bonchev–Trinajstić information content (AvgIpc) is 3.63. The van der Waals surface area contributed by atoms with Gasteiger partial charge in [0.1, 0.15) is 5.75 Å². The van der Waals surface area contributed by atoms with Crippen molar-refractivity contribution in [2.75, 3.05) is 18.2 Å². The van der Waals surface area contributed by atoms with Gasteiger partial charge in [0.15, 0.2) is 9.84 Å². The van der Waals surface area contributed by atoms with Crippen LogP contribution in [-0.4, -0.2) is 38.3 Å². The van der Waals surface area contributed by atoms with E-state index in [0.717, 1.165) is 28.0 Å². The van der Waals surface area contributed by atoms with Gasteiger partial charge in [-0.1, -0.05) is 24.3 Å². The molecule has 1 fully saturated rings. The summed E-state index contributed by atoms with van der Waals surface area (Å²) in [6, 6.07) is 19.8. The van der Waals surface area contributed by atoms with Gasteiger partial charge in [0, 0.05) is 35.3 Å². The lowest BCUT2D eigenvalue weighted by atomic mass is 9.85. The van der Waals surface area contributed by atoms with Gasteiger partial charge in [-0.05, 0) is 78.8 Å². The summed E-state index contributed by atoms with van der Waals surface area (Å²) in [5.41, 5.74) is 4.13. The number of hydrogen-bond acceptors (Lipinski definition) is 6. The molecule has 1 spiro atoms. The van der Waals surface area contributed by atoms with E-state index >= 15 is 0 Å². The van der Waals surface area contributed by atoms with Crippen LogP contribution in [0.1, 0.15) is 42.4 Å². The Kier molecular flexibility index (Phi) is 6.91. The Labute approximate surface area is 227 Å². The van der Waals surface area contributed by atoms with E-state index in [9.17, 15) is 23.3 Å². The molecule has 8 nitrogen and oxygen atoms in total. The predicted octanol–water partition coefficient (Wildman–Crippen LogP) is 4.71. The molecule has 1 heterocycles. The van der Waals surface area contributed by atoms with Crippen LogP contribution >= 0.6 is 0 Å². The molecule has 200 valence electrons. The SMILES string of the molecule is CS(=O)(=O)c1ccc(-c2ccc3c(c2)[C@]2(CCO3)C[C@H]2C(=O)Nc2cc(C#N)ccc2CCCC(=O)O)cc1. The van der Waals surface area contributed by atoms with Crippen LogP contribution in [0, 0.1) is 17.2 Å². The molecule has 5 rings (SSSR count). The minimum atomic E-state index is -3.29. The molecule has 0 aromatic heterocycles. The number of amides is 1. The van der Waals surface area contributed by atoms with Gasteiger partial charge in [-0.2, -0.15) is 5.26 Å². The molecule has 3 aromatic rings. The second-order valence-corrected chi connectivity index (χ2v) is 12.3. The predicted molar refractivity (Wildman–Crippen MR) is 145 cm³/mol. The van der Waals surface area contributed by atoms with Crippen LogP contribution in [-0.2, 0) is 31.3 Å². The first-order chi connectivity index (χ1) is 18.6. The number of carboxylic acids is 1. The lowest BCUT2D eigenvalue weighted by Crippen LogP contribution is -2.27. The molecular formula is C30H28N2O6S. The lowest BCUT2D eigenvalue weighted by molar-refractivity contribution is -0.137. The summed E-state index contributed by atoms with van der Waals surface area (Å²) in [7, 11) is -3.29. The minimum Gasteiger partial charge on any atom is -0.493 e. The molecule has 1 aliphatic heterocycles. The number of nitrogens with one attached hydrogen (secondary N) is 1. The zero-order valence-corrected chi connectivity index (χ0v) is 22.3. The van der Waals surface area contributed by atoms with Crippen molar-refractivity contribution in [3.63, 3.8) is 0 Å². The summed E-state index contributed by atoms with van der Waals surface area (Å²) < 4.78 is 29.6. The highest BCUT2D eigenvalue weighted by molar-refractivity contribution is 7.90. The highest BCUT2D eigenvalue weighted by Gasteiger charge is 2.61. The number of rotatable bonds is 8. The molecule has 0 saturated heterocycles. The minimum absolute atomic E-state index is 0.0230. The molecule has 1 amide bonds. The van der Waals surface area contributed by atoms with Crippen LogP contribution in [0.2, 0.25) is 0 Å². The van der Waals surface area contributed by atoms with Crippen LogP contribution in [0.4, 0.5) is 5.69 Å². The lowest BCUT2D eigenvalue weighted by Gasteiger charge is -2.27. The van der Waals surface area contributed by atoms with Gasteiger partial charge in [-0.3, -0.25) is 9.59 Å². The molecule has 1 aliphatic carbocycles. The van der Waals surface area contributed by atoms with Gasteiger partial charge in [-0.15, -0.1) is 0 Å². The fraction of sp³-hybridized carbons (Fsp3) is 0.300. The third-order valence-corrected chi connectivity index (χ3v) is 8.79. The van der Waals surface area contributed by atoms with Crippen molar-refractivity contribution >= 4 is 27.4 Å². The smallest absolute Gasteiger partial charge is 0.303 e. The van der Waals surface area contributed by atoms with E-state index in [4.69, 9.17) is 9.84 Å². The third-order valence-electron chi connectivity index (χ3n) is 7.66. The maximum absolute atomic E-state index is 13.5. The number of sulfone groups is 1. The van der Waals surface area contributed by atoms with Crippen molar-refractivity contribution in [1.29, 1.82) is 5.26 Å². The van der Waals surface area contributed by atoms with Crippen LogP contribution in [0.5, 0.6) is 5.75 Å². The fourth-order valence-corrected chi connectivity index (χ4v) is 6.08. The van der Waals surface area contributed by atoms with E-state index in [1.807, 2.05) is 18.2 Å². The molecule has 39 heavy (non-hydrogen) atoms. The zero-order chi connectivity index (χ0) is 27.8. The van der Waals surface area contributed by atoms with Crippen molar-refractivity contribution in [1.82, 2.24) is 0 Å². The number of hydrogen-bond donors (Lipinski definition) is 2. The molecule has 2 N–H and O–H groups in total. The molecule has 0 bridgehead atoms. The Morgan fingerprint density at radius 1 is 1.10 bits per heavy atom. The number of benzene rings is 3. The Balaban J connectivity index is 1.39. The molecule has 2 atom stereocenters. The third kappa shape index (κ3) is 5.38. The summed E-state index contributed by atoms with van der Waals surface area (Å²) in [5, 5.41) is 21.4. The molecule has 2 aliphatic rings. The summed E-state index contributed by atoms with van der Waals surface area (Å²) >= 11 is 0. The van der Waals surface area contributed by atoms with E-state index in [2.05, 4.69) is 11.4 Å². The summed E-state index contributed by atoms with van der Waals surface area (Å²) in [6.45, 7) is 0.504. The van der Waals surface area contributed by atoms with Crippen LogP contribution in [0.25, 0.3) is 11.1 Å². The van der Waals surface area contributed by atoms with Crippen molar-refractivity contribution in [2.24, 2.45) is 5.92 Å². The molecule has 9 heteroatoms. The van der Waals surface area contributed by atoms with Gasteiger partial charge < -0.3 is 15.2 Å². The van der Waals surface area contributed by atoms with Crippen molar-refractivity contribution in [3.8, 4) is 22.9 Å². The number of fused-ring (bicyclic) bond motifs is 2. The Hall–Kier alpha value is -4.16. The van der Waals surface area contributed by atoms with E-state index in [0.29, 0.717) is 43.5 Å². The quantitative estimate of drug-likeness (QED) is 0.419. The number of carbonyl (C=O) groups excluding carboxylic acids is 1. The molecule has 0 unspecified atom stereocenters. The van der Waals surface area contributed by atoms with Gasteiger partial charge in [0.05, 0.1) is 23.1 Å². The number of anilines is 1. The van der Waals surface area contributed by atoms with Gasteiger partial charge in [0.25, 0.3) is 0 Å². The highest BCUT2D eigenvalue weighted by Crippen LogP contribution is 2.61. The van der Waals surface area contributed by atoms with Crippen LogP contribution < -0.4 is 10.1 Å². The van der Waals surface area contributed by atoms with Crippen LogP contribution in [0.15, 0.2) is 65.6 Å². The maximum atomic E-state index is 13.5. The number of nitriles is 1. The van der Waals surface area contributed by atoms with Gasteiger partial charge in [-0.25, -0.2) is 8.42 Å². The number of nitrogens with zero attached hydrogens (tertiary/aromatic N) is 1. The average molecular weight is 545 g/mol. The summed E-state index contributed by atoms with van der Waals surface area (Å²) in [5.74, 6) is -0.548. The van der Waals surface area contributed by atoms with E-state index in [1.54, 1.807) is 42.5 Å². The molecular weight excluding hydrogens is 516 g/mol. The standard InChI is InChI=1S/C30H28N2O6S/c1-39(36,37)23-10-7-20(8-11-23)22-9-12-27-24(16-22)30(13-14-38-27)17-25(30)29(35)32-26-15-19(18-31)5-6-21(26)3-2-4-28(33)34/h5-12,15-16,25H,2-4,13-14,17H2,1H3,(H,32,35)(H,33,34)/t25-,30-/m0/s1. The van der Waals surface area contributed by atoms with Crippen LogP contribution in [0.3, 0.4) is 0 Å². The summed E-state index contributed by atoms with van der Waals surface area (Å²) in [6.07, 6.45) is 3.46. The number of ether oxygens (including phenoxy) is 1. The Morgan fingerprint density at radius 3 is 2.54 bits per heavy atom. The monoisotopic (exact) mass is 544 g/mol. The second-order valence-electron chi connectivity index (χ2n) is 10.2. The second kappa shape index (κ2) is 10.2. The van der Waals surface area contributed by atoms with Gasteiger partial charge in [0.2, 0.25) is 5.91 Å². The molecule has 3 aromatic carbocycles. The van der Waals surface area contributed by atoms with Gasteiger partial charge >= 0.3 is 5.97 Å². The summed E-state index contributed by atoms with van der Waals surface area (Å²) in [4.78, 5) is 24.7. The molecule has 1 saturated carbocycles. The number of carboxylic acid groups (broad SMARTS) is 1. The first kappa shape index (κ1) is 26.4. The van der Waals surface area contributed by atoms with E-state index < -0.39 is 15.8 Å². The number of aryl methyl sites for hydroxylation is 1. The normalized spacial score (nSPS) is 19.4. The van der Waals surface area contributed by atoms with Crippen molar-refractivity contribution < 1.29 is 27.9 Å². The maximum Gasteiger partial charge on any atom is 0.303 e. The van der Waals surface area contributed by atoms with E-state index in [1.165, 1.54) is 6.26 Å². The van der Waals surface area contributed by atoms with Crippen molar-refractivity contribution in [2.45, 2.75) is 42.4 Å². The van der Waals surface area contributed by atoms with E-state index in [-0.39, 0.29) is 28.6 Å². The first-order valence-corrected chi connectivity index (χ1v) is 14.6. The first-order valence-electron chi connectivity index (χ1n) is 12.7. The number of carbonyl (C=O) groups is 2. The fourth-order valence-electron chi connectivity index (χ4n) is 5.45. The number of aliphatic carboxylic acids is 1. The Morgan fingerprint density at radius 2 is 1.85 bits per heavy atom. The van der Waals surface area contributed by atoms with Crippen molar-refractivity contribution in [3.05, 3.63) is 77.4 Å². The molecule has 0 radical (unpaired) electrons. The topological polar surface area (TPSA) is 134 Å². The largest absolute Gasteiger partial charge is 0.493 e.